The lowest BCUT2D eigenvalue weighted by molar-refractivity contribution is -0.172. The summed E-state index contributed by atoms with van der Waals surface area (Å²) < 4.78 is 11.2. The maximum absolute atomic E-state index is 12.1. The first-order valence-corrected chi connectivity index (χ1v) is 10.3. The Morgan fingerprint density at radius 3 is 2.17 bits per heavy atom. The first-order valence-electron chi connectivity index (χ1n) is 10.3. The van der Waals surface area contributed by atoms with E-state index < -0.39 is 16.9 Å². The molecule has 0 aliphatic carbocycles. The molecule has 160 valence electrons. The number of para-hydroxylation sites is 1. The minimum Gasteiger partial charge on any atom is -0.465 e. The summed E-state index contributed by atoms with van der Waals surface area (Å²) >= 11 is 0. The number of rotatable bonds is 6. The molecule has 2 atom stereocenters. The fraction of sp³-hybridized carbons (Fsp3) is 0.440. The number of ether oxygens (including phenoxy) is 2. The van der Waals surface area contributed by atoms with Gasteiger partial charge in [0.25, 0.3) is 0 Å². The Morgan fingerprint density at radius 2 is 1.53 bits per heavy atom. The van der Waals surface area contributed by atoms with E-state index in [1.807, 2.05) is 38.1 Å². The van der Waals surface area contributed by atoms with E-state index in [0.717, 1.165) is 16.8 Å². The van der Waals surface area contributed by atoms with Crippen molar-refractivity contribution in [2.45, 2.75) is 53.7 Å². The molecule has 1 aliphatic rings. The van der Waals surface area contributed by atoms with Gasteiger partial charge in [0.2, 0.25) is 0 Å². The minimum atomic E-state index is -0.589. The Balaban J connectivity index is 2.07. The van der Waals surface area contributed by atoms with Gasteiger partial charge in [0.15, 0.2) is 0 Å². The van der Waals surface area contributed by atoms with Crippen molar-refractivity contribution < 1.29 is 19.1 Å². The van der Waals surface area contributed by atoms with Gasteiger partial charge < -0.3 is 14.8 Å². The highest BCUT2D eigenvalue weighted by atomic mass is 16.6. The molecule has 1 N–H and O–H groups in total. The maximum Gasteiger partial charge on any atom is 0.302 e. The molecule has 0 amide bonds. The molecule has 0 saturated carbocycles. The van der Waals surface area contributed by atoms with E-state index >= 15 is 0 Å². The van der Waals surface area contributed by atoms with E-state index in [-0.39, 0.29) is 24.6 Å². The molecule has 0 saturated heterocycles. The Hall–Kier alpha value is -2.82. The zero-order valence-electron chi connectivity index (χ0n) is 18.6. The average molecular weight is 410 g/mol. The van der Waals surface area contributed by atoms with E-state index in [1.165, 1.54) is 19.4 Å². The SMILES string of the molecule is CC(=O)OCC(C)(C)C(OC(C)=O)C(C)(C)C1Nc2ccccc2-c2ccccc21. The summed E-state index contributed by atoms with van der Waals surface area (Å²) in [4.78, 5) is 23.5. The Bertz CT molecular complexity index is 948. The quantitative estimate of drug-likeness (QED) is 0.650. The van der Waals surface area contributed by atoms with Crippen molar-refractivity contribution in [1.82, 2.24) is 0 Å². The average Bonchev–Trinajstić information content (AvgIpc) is 2.69. The number of hydrogen-bond donors (Lipinski definition) is 1. The third-order valence-corrected chi connectivity index (χ3v) is 5.85. The lowest BCUT2D eigenvalue weighted by Gasteiger charge is -2.49. The second-order valence-electron chi connectivity index (χ2n) is 9.29. The first-order chi connectivity index (χ1) is 14.0. The number of carbonyl (C=O) groups is 2. The number of fused-ring (bicyclic) bond motifs is 3. The fourth-order valence-corrected chi connectivity index (χ4v) is 4.66. The Kier molecular flexibility index (Phi) is 5.93. The molecule has 1 heterocycles. The number of carbonyl (C=O) groups excluding carboxylic acids is 2. The van der Waals surface area contributed by atoms with Crippen LogP contribution < -0.4 is 5.32 Å². The summed E-state index contributed by atoms with van der Waals surface area (Å²) in [7, 11) is 0. The molecule has 30 heavy (non-hydrogen) atoms. The summed E-state index contributed by atoms with van der Waals surface area (Å²) in [5.74, 6) is -0.703. The normalized spacial score (nSPS) is 16.5. The van der Waals surface area contributed by atoms with E-state index in [1.54, 1.807) is 0 Å². The number of esters is 2. The number of benzene rings is 2. The topological polar surface area (TPSA) is 64.6 Å². The van der Waals surface area contributed by atoms with Gasteiger partial charge in [-0.05, 0) is 17.2 Å². The minimum absolute atomic E-state index is 0.107. The third kappa shape index (κ3) is 4.20. The van der Waals surface area contributed by atoms with Crippen LogP contribution >= 0.6 is 0 Å². The number of anilines is 1. The van der Waals surface area contributed by atoms with Crippen molar-refractivity contribution in [1.29, 1.82) is 0 Å². The lowest BCUT2D eigenvalue weighted by atomic mass is 9.65. The molecular weight excluding hydrogens is 378 g/mol. The van der Waals surface area contributed by atoms with Crippen LogP contribution in [-0.4, -0.2) is 24.6 Å². The molecule has 5 heteroatoms. The highest BCUT2D eigenvalue weighted by molar-refractivity contribution is 5.84. The van der Waals surface area contributed by atoms with E-state index in [4.69, 9.17) is 9.47 Å². The van der Waals surface area contributed by atoms with Gasteiger partial charge in [-0.2, -0.15) is 0 Å². The van der Waals surface area contributed by atoms with Crippen LogP contribution in [0.5, 0.6) is 0 Å². The molecular formula is C25H31NO4. The highest BCUT2D eigenvalue weighted by Crippen LogP contribution is 2.51. The molecule has 2 aromatic rings. The molecule has 2 unspecified atom stereocenters. The molecule has 0 fully saturated rings. The molecule has 0 bridgehead atoms. The van der Waals surface area contributed by atoms with Crippen LogP contribution in [0.2, 0.25) is 0 Å². The predicted octanol–water partition coefficient (Wildman–Crippen LogP) is 5.37. The second-order valence-corrected chi connectivity index (χ2v) is 9.29. The van der Waals surface area contributed by atoms with Crippen LogP contribution in [0.15, 0.2) is 48.5 Å². The monoisotopic (exact) mass is 409 g/mol. The van der Waals surface area contributed by atoms with Crippen molar-refractivity contribution in [3.05, 3.63) is 54.1 Å². The zero-order chi connectivity index (χ0) is 22.1. The predicted molar refractivity (Wildman–Crippen MR) is 118 cm³/mol. The van der Waals surface area contributed by atoms with Crippen molar-refractivity contribution in [2.75, 3.05) is 11.9 Å². The zero-order valence-corrected chi connectivity index (χ0v) is 18.6. The molecule has 0 aromatic heterocycles. The van der Waals surface area contributed by atoms with Crippen molar-refractivity contribution in [2.24, 2.45) is 10.8 Å². The number of hydrogen-bond acceptors (Lipinski definition) is 5. The summed E-state index contributed by atoms with van der Waals surface area (Å²) in [6.07, 6.45) is -0.502. The molecule has 2 aromatic carbocycles. The molecule has 3 rings (SSSR count). The summed E-state index contributed by atoms with van der Waals surface area (Å²) in [6, 6.07) is 16.4. The van der Waals surface area contributed by atoms with Crippen LogP contribution in [0.4, 0.5) is 5.69 Å². The third-order valence-electron chi connectivity index (χ3n) is 5.85. The smallest absolute Gasteiger partial charge is 0.302 e. The number of nitrogens with one attached hydrogen (secondary N) is 1. The molecule has 1 aliphatic heterocycles. The standard InChI is InChI=1S/C25H31NO4/c1-16(27)29-15-24(3,4)23(30-17(2)28)25(5,6)22-20-13-8-7-11-18(20)19-12-9-10-14-21(19)26-22/h7-14,22-23,26H,15H2,1-6H3. The van der Waals surface area contributed by atoms with Crippen LogP contribution in [0.25, 0.3) is 11.1 Å². The van der Waals surface area contributed by atoms with Crippen LogP contribution in [0.3, 0.4) is 0 Å². The van der Waals surface area contributed by atoms with Crippen LogP contribution in [0.1, 0.15) is 53.1 Å². The van der Waals surface area contributed by atoms with Gasteiger partial charge in [0.05, 0.1) is 12.6 Å². The van der Waals surface area contributed by atoms with Crippen LogP contribution in [-0.2, 0) is 19.1 Å². The van der Waals surface area contributed by atoms with E-state index in [2.05, 4.69) is 43.4 Å². The van der Waals surface area contributed by atoms with Crippen LogP contribution in [0, 0.1) is 10.8 Å². The first kappa shape index (κ1) is 21.9. The van der Waals surface area contributed by atoms with Crippen molar-refractivity contribution >= 4 is 17.6 Å². The maximum atomic E-state index is 12.1. The highest BCUT2D eigenvalue weighted by Gasteiger charge is 2.50. The second kappa shape index (κ2) is 8.13. The fourth-order valence-electron chi connectivity index (χ4n) is 4.66. The largest absolute Gasteiger partial charge is 0.465 e. The van der Waals surface area contributed by atoms with E-state index in [0.29, 0.717) is 0 Å². The molecule has 5 nitrogen and oxygen atoms in total. The van der Waals surface area contributed by atoms with Gasteiger partial charge in [0, 0.05) is 35.9 Å². The molecule has 0 radical (unpaired) electrons. The van der Waals surface area contributed by atoms with Gasteiger partial charge in [-0.15, -0.1) is 0 Å². The summed E-state index contributed by atoms with van der Waals surface area (Å²) in [5, 5.41) is 3.69. The van der Waals surface area contributed by atoms with Gasteiger partial charge >= 0.3 is 11.9 Å². The van der Waals surface area contributed by atoms with Gasteiger partial charge in [-0.3, -0.25) is 9.59 Å². The van der Waals surface area contributed by atoms with Crippen molar-refractivity contribution in [3.8, 4) is 11.1 Å². The Morgan fingerprint density at radius 1 is 0.933 bits per heavy atom. The Labute approximate surface area is 178 Å². The summed E-state index contributed by atoms with van der Waals surface area (Å²) in [5.41, 5.74) is 3.43. The van der Waals surface area contributed by atoms with Gasteiger partial charge in [-0.25, -0.2) is 0 Å². The van der Waals surface area contributed by atoms with Gasteiger partial charge in [0.1, 0.15) is 6.10 Å². The summed E-state index contributed by atoms with van der Waals surface area (Å²) in [6.45, 7) is 11.1. The molecule has 0 spiro atoms. The lowest BCUT2D eigenvalue weighted by Crippen LogP contribution is -2.51. The van der Waals surface area contributed by atoms with Gasteiger partial charge in [-0.1, -0.05) is 70.2 Å². The van der Waals surface area contributed by atoms with Crippen molar-refractivity contribution in [3.63, 3.8) is 0 Å². The van der Waals surface area contributed by atoms with E-state index in [9.17, 15) is 9.59 Å².